The number of nitrogens with one attached hydrogen (secondary N) is 1. The maximum absolute atomic E-state index is 5.56. The number of fused-ring (bicyclic) bond motifs is 1. The lowest BCUT2D eigenvalue weighted by Gasteiger charge is -2.31. The summed E-state index contributed by atoms with van der Waals surface area (Å²) in [6.07, 6.45) is 4.26. The second-order valence-electron chi connectivity index (χ2n) is 5.37. The van der Waals surface area contributed by atoms with E-state index in [9.17, 15) is 0 Å². The van der Waals surface area contributed by atoms with Gasteiger partial charge in [-0.05, 0) is 19.4 Å². The molecule has 21 heavy (non-hydrogen) atoms. The molecule has 0 saturated carbocycles. The van der Waals surface area contributed by atoms with Crippen molar-refractivity contribution in [3.8, 4) is 0 Å². The van der Waals surface area contributed by atoms with E-state index in [1.807, 2.05) is 7.05 Å². The quantitative estimate of drug-likeness (QED) is 0.616. The summed E-state index contributed by atoms with van der Waals surface area (Å²) in [5.74, 6) is 6.92. The topological polar surface area (TPSA) is 94.1 Å². The van der Waals surface area contributed by atoms with Gasteiger partial charge in [0.15, 0.2) is 11.5 Å². The molecule has 8 nitrogen and oxygen atoms in total. The number of anilines is 1. The maximum atomic E-state index is 5.56. The van der Waals surface area contributed by atoms with E-state index in [2.05, 4.69) is 25.4 Å². The Kier molecular flexibility index (Phi) is 4.00. The van der Waals surface area contributed by atoms with E-state index < -0.39 is 0 Å². The predicted octanol–water partition coefficient (Wildman–Crippen LogP) is 0.260. The minimum atomic E-state index is 0.297. The summed E-state index contributed by atoms with van der Waals surface area (Å²) in [5.41, 5.74) is 3.42. The molecule has 8 heteroatoms. The van der Waals surface area contributed by atoms with E-state index in [1.54, 1.807) is 18.0 Å². The van der Waals surface area contributed by atoms with Crippen LogP contribution in [0.5, 0.6) is 0 Å². The van der Waals surface area contributed by atoms with E-state index in [-0.39, 0.29) is 0 Å². The molecule has 1 aliphatic heterocycles. The van der Waals surface area contributed by atoms with E-state index in [4.69, 9.17) is 10.6 Å². The smallest absolute Gasteiger partial charge is 0.163 e. The number of aromatic nitrogens is 4. The van der Waals surface area contributed by atoms with E-state index in [1.165, 1.54) is 0 Å². The number of nitrogen functional groups attached to an aromatic ring is 1. The first-order valence-electron chi connectivity index (χ1n) is 7.11. The Labute approximate surface area is 123 Å². The average molecular weight is 291 g/mol. The minimum absolute atomic E-state index is 0.297. The van der Waals surface area contributed by atoms with Crippen molar-refractivity contribution in [2.24, 2.45) is 12.9 Å². The molecule has 1 unspecified atom stereocenters. The standard InChI is InChI=1S/C13H21N7O/c1-19-13-10(6-15-19)12(18-14)16-11(17-13)8-20-5-3-4-9(7-20)21-2/h6,9H,3-5,7-8,14H2,1-2H3,(H,16,17,18). The first kappa shape index (κ1) is 14.2. The van der Waals surface area contributed by atoms with Gasteiger partial charge in [-0.15, -0.1) is 0 Å². The number of nitrogens with two attached hydrogens (primary N) is 1. The highest BCUT2D eigenvalue weighted by atomic mass is 16.5. The fourth-order valence-corrected chi connectivity index (χ4v) is 2.80. The number of aryl methyl sites for hydroxylation is 1. The Hall–Kier alpha value is -1.77. The first-order chi connectivity index (χ1) is 10.2. The van der Waals surface area contributed by atoms with Crippen LogP contribution in [0.25, 0.3) is 11.0 Å². The van der Waals surface area contributed by atoms with Crippen LogP contribution < -0.4 is 11.3 Å². The summed E-state index contributed by atoms with van der Waals surface area (Å²) >= 11 is 0. The highest BCUT2D eigenvalue weighted by Gasteiger charge is 2.21. The number of rotatable bonds is 4. The Morgan fingerprint density at radius 1 is 1.48 bits per heavy atom. The van der Waals surface area contributed by atoms with Gasteiger partial charge in [0, 0.05) is 20.7 Å². The highest BCUT2D eigenvalue weighted by molar-refractivity contribution is 5.86. The van der Waals surface area contributed by atoms with Crippen LogP contribution in [0.15, 0.2) is 6.20 Å². The third kappa shape index (κ3) is 2.82. The fraction of sp³-hybridized carbons (Fsp3) is 0.615. The molecule has 3 N–H and O–H groups in total. The Morgan fingerprint density at radius 3 is 3.10 bits per heavy atom. The third-order valence-electron chi connectivity index (χ3n) is 3.94. The molecule has 0 radical (unpaired) electrons. The number of methoxy groups -OCH3 is 1. The largest absolute Gasteiger partial charge is 0.380 e. The number of hydrogen-bond donors (Lipinski definition) is 2. The third-order valence-corrected chi connectivity index (χ3v) is 3.94. The minimum Gasteiger partial charge on any atom is -0.380 e. The van der Waals surface area contributed by atoms with Gasteiger partial charge in [-0.3, -0.25) is 9.58 Å². The second kappa shape index (κ2) is 5.92. The summed E-state index contributed by atoms with van der Waals surface area (Å²) in [6.45, 7) is 2.64. The van der Waals surface area contributed by atoms with E-state index in [0.717, 1.165) is 42.8 Å². The van der Waals surface area contributed by atoms with Crippen LogP contribution in [0.2, 0.25) is 0 Å². The first-order valence-corrected chi connectivity index (χ1v) is 7.11. The number of ether oxygens (including phenoxy) is 1. The van der Waals surface area contributed by atoms with Crippen LogP contribution in [0.4, 0.5) is 5.82 Å². The monoisotopic (exact) mass is 291 g/mol. The van der Waals surface area contributed by atoms with Crippen molar-refractivity contribution < 1.29 is 4.74 Å². The molecule has 0 aliphatic carbocycles. The summed E-state index contributed by atoms with van der Waals surface area (Å²) in [5, 5.41) is 5.03. The molecule has 3 rings (SSSR count). The molecule has 0 amide bonds. The lowest BCUT2D eigenvalue weighted by atomic mass is 10.1. The van der Waals surface area contributed by atoms with Gasteiger partial charge in [0.25, 0.3) is 0 Å². The van der Waals surface area contributed by atoms with Gasteiger partial charge in [-0.2, -0.15) is 5.10 Å². The molecule has 0 spiro atoms. The molecule has 2 aromatic rings. The van der Waals surface area contributed by atoms with Gasteiger partial charge in [0.05, 0.1) is 24.2 Å². The molecule has 3 heterocycles. The van der Waals surface area contributed by atoms with Gasteiger partial charge in [0.1, 0.15) is 5.82 Å². The Balaban J connectivity index is 1.84. The van der Waals surface area contributed by atoms with Crippen molar-refractivity contribution in [3.05, 3.63) is 12.0 Å². The molecule has 0 bridgehead atoms. The predicted molar refractivity (Wildman–Crippen MR) is 79.4 cm³/mol. The SMILES string of the molecule is COC1CCCN(Cc2nc(NN)c3cnn(C)c3n2)C1. The molecule has 0 aromatic carbocycles. The molecule has 1 fully saturated rings. The van der Waals surface area contributed by atoms with Crippen LogP contribution in [0.1, 0.15) is 18.7 Å². The van der Waals surface area contributed by atoms with Crippen LogP contribution in [0.3, 0.4) is 0 Å². The number of piperidine rings is 1. The van der Waals surface area contributed by atoms with E-state index >= 15 is 0 Å². The summed E-state index contributed by atoms with van der Waals surface area (Å²) in [7, 11) is 3.63. The molecule has 114 valence electrons. The number of likely N-dealkylation sites (tertiary alicyclic amines) is 1. The summed E-state index contributed by atoms with van der Waals surface area (Å²) < 4.78 is 7.18. The lowest BCUT2D eigenvalue weighted by Crippen LogP contribution is -2.39. The summed E-state index contributed by atoms with van der Waals surface area (Å²) in [6, 6.07) is 0. The molecule has 2 aromatic heterocycles. The van der Waals surface area contributed by atoms with Gasteiger partial charge in [-0.25, -0.2) is 15.8 Å². The number of hydrogen-bond acceptors (Lipinski definition) is 7. The maximum Gasteiger partial charge on any atom is 0.163 e. The van der Waals surface area contributed by atoms with Crippen molar-refractivity contribution in [2.75, 3.05) is 25.6 Å². The zero-order valence-corrected chi connectivity index (χ0v) is 12.4. The van der Waals surface area contributed by atoms with Gasteiger partial charge in [0.2, 0.25) is 0 Å². The van der Waals surface area contributed by atoms with Gasteiger partial charge >= 0.3 is 0 Å². The highest BCUT2D eigenvalue weighted by Crippen LogP contribution is 2.20. The molecule has 1 atom stereocenters. The van der Waals surface area contributed by atoms with Crippen molar-refractivity contribution >= 4 is 16.9 Å². The Morgan fingerprint density at radius 2 is 2.33 bits per heavy atom. The zero-order chi connectivity index (χ0) is 14.8. The van der Waals surface area contributed by atoms with Gasteiger partial charge < -0.3 is 10.2 Å². The van der Waals surface area contributed by atoms with Crippen LogP contribution >= 0.6 is 0 Å². The zero-order valence-electron chi connectivity index (χ0n) is 12.4. The number of hydrazine groups is 1. The van der Waals surface area contributed by atoms with Crippen molar-refractivity contribution in [1.82, 2.24) is 24.6 Å². The number of nitrogens with zero attached hydrogens (tertiary/aromatic N) is 5. The molecule has 1 saturated heterocycles. The van der Waals surface area contributed by atoms with Crippen LogP contribution in [-0.4, -0.2) is 51.0 Å². The van der Waals surface area contributed by atoms with Crippen molar-refractivity contribution in [2.45, 2.75) is 25.5 Å². The molecule has 1 aliphatic rings. The van der Waals surface area contributed by atoms with E-state index in [0.29, 0.717) is 18.5 Å². The lowest BCUT2D eigenvalue weighted by molar-refractivity contribution is 0.0277. The van der Waals surface area contributed by atoms with Crippen molar-refractivity contribution in [3.63, 3.8) is 0 Å². The van der Waals surface area contributed by atoms with Crippen LogP contribution in [0, 0.1) is 0 Å². The molecular weight excluding hydrogens is 270 g/mol. The average Bonchev–Trinajstić information content (AvgIpc) is 2.88. The Bertz CT molecular complexity index is 626. The normalized spacial score (nSPS) is 20.0. The fourth-order valence-electron chi connectivity index (χ4n) is 2.80. The van der Waals surface area contributed by atoms with Crippen molar-refractivity contribution in [1.29, 1.82) is 0 Å². The van der Waals surface area contributed by atoms with Gasteiger partial charge in [-0.1, -0.05) is 0 Å². The second-order valence-corrected chi connectivity index (χ2v) is 5.37. The molecular formula is C13H21N7O. The summed E-state index contributed by atoms with van der Waals surface area (Å²) in [4.78, 5) is 11.4. The van der Waals surface area contributed by atoms with Crippen LogP contribution in [-0.2, 0) is 18.3 Å².